The molecule has 0 unspecified atom stereocenters. The van der Waals surface area contributed by atoms with Crippen molar-refractivity contribution < 1.29 is 13.2 Å². The zero-order chi connectivity index (χ0) is 16.6. The highest BCUT2D eigenvalue weighted by atomic mass is 32.2. The summed E-state index contributed by atoms with van der Waals surface area (Å²) in [7, 11) is -3.25. The van der Waals surface area contributed by atoms with Crippen molar-refractivity contribution >= 4 is 53.8 Å². The summed E-state index contributed by atoms with van der Waals surface area (Å²) in [5.74, 6) is -0.130. The van der Waals surface area contributed by atoms with Gasteiger partial charge in [-0.15, -0.1) is 11.3 Å². The van der Waals surface area contributed by atoms with Crippen molar-refractivity contribution in [1.29, 1.82) is 0 Å². The summed E-state index contributed by atoms with van der Waals surface area (Å²) in [5, 5.41) is 3.25. The molecule has 1 amide bonds. The number of nitrogens with zero attached hydrogens (tertiary/aromatic N) is 1. The largest absolute Gasteiger partial charge is 0.302 e. The summed E-state index contributed by atoms with van der Waals surface area (Å²) in [6.07, 6.45) is 1.48. The topological polar surface area (TPSA) is 76.1 Å². The number of carbonyl (C=O) groups is 1. The summed E-state index contributed by atoms with van der Waals surface area (Å²) >= 11 is 2.86. The number of carbonyl (C=O) groups excluding carboxylic acids is 1. The Labute approximate surface area is 141 Å². The number of thiophene rings is 1. The van der Waals surface area contributed by atoms with Gasteiger partial charge in [0.15, 0.2) is 15.0 Å². The number of amides is 1. The van der Waals surface area contributed by atoms with E-state index in [-0.39, 0.29) is 10.8 Å². The van der Waals surface area contributed by atoms with Crippen molar-refractivity contribution in [1.82, 2.24) is 4.98 Å². The summed E-state index contributed by atoms with van der Waals surface area (Å²) < 4.78 is 23.9. The standard InChI is InChI=1S/C15H14N2O3S3/c1-9-3-4-10(21-9)7-14(18)17-15-16-12-6-5-11(23(2,19)20)8-13(12)22-15/h3-6,8H,7H2,1-2H3,(H,16,17,18). The van der Waals surface area contributed by atoms with Gasteiger partial charge in [-0.25, -0.2) is 13.4 Å². The molecule has 0 aliphatic rings. The maximum Gasteiger partial charge on any atom is 0.231 e. The van der Waals surface area contributed by atoms with E-state index in [4.69, 9.17) is 0 Å². The van der Waals surface area contributed by atoms with Gasteiger partial charge in [-0.05, 0) is 37.3 Å². The molecule has 0 bridgehead atoms. The number of nitrogens with one attached hydrogen (secondary N) is 1. The lowest BCUT2D eigenvalue weighted by atomic mass is 10.3. The van der Waals surface area contributed by atoms with Crippen LogP contribution in [0.2, 0.25) is 0 Å². The molecule has 0 saturated carbocycles. The van der Waals surface area contributed by atoms with Gasteiger partial charge in [0.25, 0.3) is 0 Å². The third-order valence-electron chi connectivity index (χ3n) is 3.17. The normalized spacial score (nSPS) is 11.7. The SMILES string of the molecule is Cc1ccc(CC(=O)Nc2nc3ccc(S(C)(=O)=O)cc3s2)s1. The summed E-state index contributed by atoms with van der Waals surface area (Å²) in [4.78, 5) is 18.8. The first-order chi connectivity index (χ1) is 10.8. The second-order valence-electron chi connectivity index (χ2n) is 5.16. The van der Waals surface area contributed by atoms with E-state index in [1.807, 2.05) is 19.1 Å². The Morgan fingerprint density at radius 3 is 2.65 bits per heavy atom. The number of aromatic nitrogens is 1. The third-order valence-corrected chi connectivity index (χ3v) is 6.21. The molecule has 0 aliphatic carbocycles. The zero-order valence-electron chi connectivity index (χ0n) is 12.5. The number of anilines is 1. The number of hydrogen-bond acceptors (Lipinski definition) is 6. The van der Waals surface area contributed by atoms with Crippen LogP contribution in [0.4, 0.5) is 5.13 Å². The molecule has 0 atom stereocenters. The van der Waals surface area contributed by atoms with E-state index in [0.29, 0.717) is 17.1 Å². The fourth-order valence-corrected chi connectivity index (χ4v) is 4.62. The van der Waals surface area contributed by atoms with Gasteiger partial charge in [0.1, 0.15) is 0 Å². The predicted octanol–water partition coefficient (Wildman–Crippen LogP) is 3.25. The van der Waals surface area contributed by atoms with Gasteiger partial charge in [0.2, 0.25) is 5.91 Å². The van der Waals surface area contributed by atoms with Crippen molar-refractivity contribution in [3.63, 3.8) is 0 Å². The molecule has 0 saturated heterocycles. The van der Waals surface area contributed by atoms with E-state index in [2.05, 4.69) is 10.3 Å². The van der Waals surface area contributed by atoms with E-state index < -0.39 is 9.84 Å². The quantitative estimate of drug-likeness (QED) is 0.769. The Morgan fingerprint density at radius 1 is 1.22 bits per heavy atom. The van der Waals surface area contributed by atoms with E-state index in [1.54, 1.807) is 23.5 Å². The highest BCUT2D eigenvalue weighted by molar-refractivity contribution is 7.90. The number of benzene rings is 1. The molecule has 23 heavy (non-hydrogen) atoms. The number of hydrogen-bond donors (Lipinski definition) is 1. The minimum Gasteiger partial charge on any atom is -0.302 e. The smallest absolute Gasteiger partial charge is 0.231 e. The van der Waals surface area contributed by atoms with Crippen molar-refractivity contribution in [2.24, 2.45) is 0 Å². The molecule has 3 aromatic rings. The van der Waals surface area contributed by atoms with E-state index >= 15 is 0 Å². The van der Waals surface area contributed by atoms with Crippen molar-refractivity contribution in [2.45, 2.75) is 18.2 Å². The Bertz CT molecular complexity index is 986. The number of thiazole rings is 1. The molecule has 0 radical (unpaired) electrons. The van der Waals surface area contributed by atoms with Gasteiger partial charge >= 0.3 is 0 Å². The van der Waals surface area contributed by atoms with Crippen molar-refractivity contribution in [3.8, 4) is 0 Å². The molecular formula is C15H14N2O3S3. The highest BCUT2D eigenvalue weighted by Gasteiger charge is 2.12. The van der Waals surface area contributed by atoms with Crippen LogP contribution in [0, 0.1) is 6.92 Å². The number of sulfone groups is 1. The van der Waals surface area contributed by atoms with Gasteiger partial charge in [-0.1, -0.05) is 11.3 Å². The molecular weight excluding hydrogens is 352 g/mol. The fourth-order valence-electron chi connectivity index (χ4n) is 2.09. The van der Waals surface area contributed by atoms with Crippen LogP contribution in [-0.2, 0) is 21.1 Å². The van der Waals surface area contributed by atoms with Gasteiger partial charge in [0.05, 0.1) is 21.5 Å². The van der Waals surface area contributed by atoms with Gasteiger partial charge in [-0.3, -0.25) is 4.79 Å². The molecule has 120 valence electrons. The number of rotatable bonds is 4. The van der Waals surface area contributed by atoms with Crippen LogP contribution >= 0.6 is 22.7 Å². The van der Waals surface area contributed by atoms with Crippen molar-refractivity contribution in [3.05, 3.63) is 40.1 Å². The van der Waals surface area contributed by atoms with Crippen LogP contribution in [0.15, 0.2) is 35.2 Å². The molecule has 8 heteroatoms. The Morgan fingerprint density at radius 2 is 2.00 bits per heavy atom. The summed E-state index contributed by atoms with van der Waals surface area (Å²) in [6, 6.07) is 8.69. The average Bonchev–Trinajstić information content (AvgIpc) is 3.02. The Hall–Kier alpha value is -1.77. The minimum absolute atomic E-state index is 0.130. The minimum atomic E-state index is -3.25. The van der Waals surface area contributed by atoms with Gasteiger partial charge in [-0.2, -0.15) is 0 Å². The molecule has 2 aromatic heterocycles. The Balaban J connectivity index is 1.79. The molecule has 0 spiro atoms. The molecule has 0 aliphatic heterocycles. The molecule has 2 heterocycles. The molecule has 5 nitrogen and oxygen atoms in total. The summed E-state index contributed by atoms with van der Waals surface area (Å²) in [5.41, 5.74) is 0.671. The molecule has 0 fully saturated rings. The maximum atomic E-state index is 12.1. The van der Waals surface area contributed by atoms with Crippen molar-refractivity contribution in [2.75, 3.05) is 11.6 Å². The van der Waals surface area contributed by atoms with Crippen LogP contribution in [0.25, 0.3) is 10.2 Å². The van der Waals surface area contributed by atoms with Crippen LogP contribution < -0.4 is 5.32 Å². The number of aryl methyl sites for hydroxylation is 1. The third kappa shape index (κ3) is 3.77. The van der Waals surface area contributed by atoms with Crippen LogP contribution in [0.5, 0.6) is 0 Å². The Kier molecular flexibility index (Phi) is 4.22. The van der Waals surface area contributed by atoms with E-state index in [1.165, 1.54) is 28.5 Å². The average molecular weight is 366 g/mol. The molecule has 1 aromatic carbocycles. The predicted molar refractivity (Wildman–Crippen MR) is 94.1 cm³/mol. The summed E-state index contributed by atoms with van der Waals surface area (Å²) in [6.45, 7) is 2.00. The fraction of sp³-hybridized carbons (Fsp3) is 0.200. The van der Waals surface area contributed by atoms with Gasteiger partial charge in [0, 0.05) is 16.0 Å². The lowest BCUT2D eigenvalue weighted by Crippen LogP contribution is -2.13. The van der Waals surface area contributed by atoms with E-state index in [0.717, 1.165) is 9.58 Å². The second kappa shape index (κ2) is 6.03. The highest BCUT2D eigenvalue weighted by Crippen LogP contribution is 2.28. The monoisotopic (exact) mass is 366 g/mol. The van der Waals surface area contributed by atoms with Crippen LogP contribution in [-0.4, -0.2) is 25.6 Å². The van der Waals surface area contributed by atoms with Gasteiger partial charge < -0.3 is 5.32 Å². The van der Waals surface area contributed by atoms with Crippen LogP contribution in [0.1, 0.15) is 9.75 Å². The van der Waals surface area contributed by atoms with E-state index in [9.17, 15) is 13.2 Å². The first-order valence-electron chi connectivity index (χ1n) is 6.77. The number of fused-ring (bicyclic) bond motifs is 1. The maximum absolute atomic E-state index is 12.1. The first kappa shape index (κ1) is 16.1. The second-order valence-corrected chi connectivity index (χ2v) is 9.58. The lowest BCUT2D eigenvalue weighted by molar-refractivity contribution is -0.115. The van der Waals surface area contributed by atoms with Crippen LogP contribution in [0.3, 0.4) is 0 Å². The zero-order valence-corrected chi connectivity index (χ0v) is 14.9. The lowest BCUT2D eigenvalue weighted by Gasteiger charge is -1.98. The molecule has 1 N–H and O–H groups in total. The first-order valence-corrected chi connectivity index (χ1v) is 10.3. The molecule has 3 rings (SSSR count).